The molecule has 1 atom stereocenters. The van der Waals surface area contributed by atoms with Crippen LogP contribution < -0.4 is 0 Å². The van der Waals surface area contributed by atoms with Crippen LogP contribution in [0.4, 0.5) is 8.78 Å². The van der Waals surface area contributed by atoms with Crippen LogP contribution in [0, 0.1) is 5.92 Å². The summed E-state index contributed by atoms with van der Waals surface area (Å²) in [5.41, 5.74) is 0. The summed E-state index contributed by atoms with van der Waals surface area (Å²) in [6.45, 7) is 5.22. The first-order valence-electron chi connectivity index (χ1n) is 3.93. The molecule has 4 heteroatoms. The molecule has 1 aliphatic heterocycles. The molecular weight excluding hydrogens is 166 g/mol. The fraction of sp³-hybridized carbons (Fsp3) is 0.750. The van der Waals surface area contributed by atoms with Gasteiger partial charge in [0.2, 0.25) is 0 Å². The van der Waals surface area contributed by atoms with Crippen LogP contribution >= 0.6 is 0 Å². The molecule has 0 fully saturated rings. The van der Waals surface area contributed by atoms with Gasteiger partial charge in [-0.05, 0) is 13.3 Å². The standard InChI is InChI=1S/C8H12F2O2/c1-4-5(2)7-6(3)11-8(9,10)12-7/h5H,4H2,1-3H3. The van der Waals surface area contributed by atoms with E-state index < -0.39 is 6.29 Å². The van der Waals surface area contributed by atoms with Gasteiger partial charge in [-0.3, -0.25) is 0 Å². The zero-order chi connectivity index (χ0) is 9.35. The van der Waals surface area contributed by atoms with E-state index in [0.717, 1.165) is 6.42 Å². The number of hydrogen-bond acceptors (Lipinski definition) is 2. The van der Waals surface area contributed by atoms with Gasteiger partial charge >= 0.3 is 6.29 Å². The quantitative estimate of drug-likeness (QED) is 0.647. The Morgan fingerprint density at radius 3 is 2.33 bits per heavy atom. The zero-order valence-electron chi connectivity index (χ0n) is 7.36. The first-order valence-corrected chi connectivity index (χ1v) is 3.93. The predicted octanol–water partition coefficient (Wildman–Crippen LogP) is 2.86. The summed E-state index contributed by atoms with van der Waals surface area (Å²) in [5.74, 6) is 0.440. The van der Waals surface area contributed by atoms with Crippen molar-refractivity contribution < 1.29 is 18.3 Å². The minimum Gasteiger partial charge on any atom is -0.401 e. The second kappa shape index (κ2) is 2.92. The van der Waals surface area contributed by atoms with E-state index in [1.54, 1.807) is 0 Å². The topological polar surface area (TPSA) is 18.5 Å². The summed E-state index contributed by atoms with van der Waals surface area (Å²) in [7, 11) is 0. The van der Waals surface area contributed by atoms with E-state index >= 15 is 0 Å². The highest BCUT2D eigenvalue weighted by Gasteiger charge is 2.44. The molecule has 0 radical (unpaired) electrons. The minimum absolute atomic E-state index is 0.0154. The van der Waals surface area contributed by atoms with Crippen molar-refractivity contribution in [2.45, 2.75) is 33.5 Å². The molecule has 1 unspecified atom stereocenters. The van der Waals surface area contributed by atoms with Crippen LogP contribution in [0.5, 0.6) is 0 Å². The van der Waals surface area contributed by atoms with Crippen LogP contribution in [-0.4, -0.2) is 6.29 Å². The van der Waals surface area contributed by atoms with E-state index in [1.165, 1.54) is 6.92 Å². The highest BCUT2D eigenvalue weighted by Crippen LogP contribution is 2.37. The Balaban J connectivity index is 2.72. The number of alkyl halides is 2. The van der Waals surface area contributed by atoms with Crippen molar-refractivity contribution in [1.82, 2.24) is 0 Å². The normalized spacial score (nSPS) is 23.4. The van der Waals surface area contributed by atoms with Gasteiger partial charge in [0, 0.05) is 5.92 Å². The molecule has 0 aliphatic carbocycles. The Kier molecular flexibility index (Phi) is 2.26. The number of ether oxygens (including phenoxy) is 2. The van der Waals surface area contributed by atoms with E-state index in [0.29, 0.717) is 0 Å². The third-order valence-electron chi connectivity index (χ3n) is 1.91. The van der Waals surface area contributed by atoms with Crippen LogP contribution in [-0.2, 0) is 9.47 Å². The summed E-state index contributed by atoms with van der Waals surface area (Å²) in [4.78, 5) is 0. The Morgan fingerprint density at radius 2 is 2.00 bits per heavy atom. The van der Waals surface area contributed by atoms with E-state index in [9.17, 15) is 8.78 Å². The third kappa shape index (κ3) is 1.68. The number of hydrogen-bond donors (Lipinski definition) is 0. The molecule has 1 aliphatic rings. The molecular formula is C8H12F2O2. The first-order chi connectivity index (χ1) is 5.46. The molecule has 0 bridgehead atoms. The second-order valence-electron chi connectivity index (χ2n) is 2.90. The van der Waals surface area contributed by atoms with Gasteiger partial charge in [0.25, 0.3) is 0 Å². The van der Waals surface area contributed by atoms with Gasteiger partial charge in [0.1, 0.15) is 11.5 Å². The van der Waals surface area contributed by atoms with Gasteiger partial charge in [0.05, 0.1) is 0 Å². The van der Waals surface area contributed by atoms with E-state index in [2.05, 4.69) is 9.47 Å². The van der Waals surface area contributed by atoms with Crippen molar-refractivity contribution in [2.24, 2.45) is 5.92 Å². The van der Waals surface area contributed by atoms with Crippen molar-refractivity contribution in [1.29, 1.82) is 0 Å². The Bertz CT molecular complexity index is 211. The van der Waals surface area contributed by atoms with Gasteiger partial charge in [-0.15, -0.1) is 8.78 Å². The Labute approximate surface area is 70.2 Å². The van der Waals surface area contributed by atoms with Gasteiger partial charge in [-0.2, -0.15) is 0 Å². The van der Waals surface area contributed by atoms with Crippen molar-refractivity contribution in [2.75, 3.05) is 0 Å². The van der Waals surface area contributed by atoms with Gasteiger partial charge in [0.15, 0.2) is 0 Å². The first kappa shape index (κ1) is 9.29. The molecule has 0 amide bonds. The highest BCUT2D eigenvalue weighted by molar-refractivity contribution is 5.06. The molecule has 0 aromatic carbocycles. The molecule has 0 N–H and O–H groups in total. The fourth-order valence-electron chi connectivity index (χ4n) is 1.08. The van der Waals surface area contributed by atoms with Gasteiger partial charge in [-0.1, -0.05) is 13.8 Å². The largest absolute Gasteiger partial charge is 0.585 e. The molecule has 0 aromatic heterocycles. The maximum atomic E-state index is 12.5. The lowest BCUT2D eigenvalue weighted by Gasteiger charge is -2.11. The van der Waals surface area contributed by atoms with Gasteiger partial charge < -0.3 is 9.47 Å². The lowest BCUT2D eigenvalue weighted by atomic mass is 10.1. The predicted molar refractivity (Wildman–Crippen MR) is 39.3 cm³/mol. The smallest absolute Gasteiger partial charge is 0.401 e. The molecule has 1 rings (SSSR count). The molecule has 12 heavy (non-hydrogen) atoms. The van der Waals surface area contributed by atoms with E-state index in [-0.39, 0.29) is 17.4 Å². The molecule has 0 saturated heterocycles. The summed E-state index contributed by atoms with van der Waals surface area (Å²) in [5, 5.41) is 0. The molecule has 0 spiro atoms. The van der Waals surface area contributed by atoms with Crippen molar-refractivity contribution in [3.05, 3.63) is 11.5 Å². The van der Waals surface area contributed by atoms with Crippen molar-refractivity contribution in [3.8, 4) is 0 Å². The van der Waals surface area contributed by atoms with E-state index in [4.69, 9.17) is 0 Å². The average molecular weight is 178 g/mol. The Morgan fingerprint density at radius 1 is 1.42 bits per heavy atom. The van der Waals surface area contributed by atoms with Crippen LogP contribution in [0.15, 0.2) is 11.5 Å². The number of halogens is 2. The molecule has 2 nitrogen and oxygen atoms in total. The van der Waals surface area contributed by atoms with Gasteiger partial charge in [-0.25, -0.2) is 0 Å². The highest BCUT2D eigenvalue weighted by atomic mass is 19.3. The monoisotopic (exact) mass is 178 g/mol. The van der Waals surface area contributed by atoms with Crippen molar-refractivity contribution >= 4 is 0 Å². The minimum atomic E-state index is -3.46. The average Bonchev–Trinajstić information content (AvgIpc) is 2.23. The zero-order valence-corrected chi connectivity index (χ0v) is 7.36. The van der Waals surface area contributed by atoms with Crippen molar-refractivity contribution in [3.63, 3.8) is 0 Å². The summed E-state index contributed by atoms with van der Waals surface area (Å²) in [6, 6.07) is 0. The SMILES string of the molecule is CCC(C)C1=C(C)OC(F)(F)O1. The fourth-order valence-corrected chi connectivity index (χ4v) is 1.08. The summed E-state index contributed by atoms with van der Waals surface area (Å²) < 4.78 is 33.5. The maximum Gasteiger partial charge on any atom is 0.585 e. The second-order valence-corrected chi connectivity index (χ2v) is 2.90. The lowest BCUT2D eigenvalue weighted by Crippen LogP contribution is -2.17. The van der Waals surface area contributed by atoms with E-state index in [1.807, 2.05) is 13.8 Å². The molecule has 0 saturated carbocycles. The van der Waals surface area contributed by atoms with Crippen LogP contribution in [0.1, 0.15) is 27.2 Å². The number of allylic oxidation sites excluding steroid dienone is 2. The molecule has 0 aromatic rings. The summed E-state index contributed by atoms with van der Waals surface area (Å²) in [6.07, 6.45) is -2.70. The van der Waals surface area contributed by atoms with Crippen LogP contribution in [0.2, 0.25) is 0 Å². The number of rotatable bonds is 2. The Hall–Kier alpha value is -0.800. The molecule has 70 valence electrons. The molecule has 1 heterocycles. The maximum absolute atomic E-state index is 12.5. The van der Waals surface area contributed by atoms with Crippen LogP contribution in [0.25, 0.3) is 0 Å². The third-order valence-corrected chi connectivity index (χ3v) is 1.91. The summed E-state index contributed by atoms with van der Waals surface area (Å²) >= 11 is 0. The van der Waals surface area contributed by atoms with Crippen LogP contribution in [0.3, 0.4) is 0 Å². The lowest BCUT2D eigenvalue weighted by molar-refractivity contribution is -0.338.